The highest BCUT2D eigenvalue weighted by molar-refractivity contribution is 7.98. The zero-order chi connectivity index (χ0) is 20.6. The molecule has 2 aromatic carbocycles. The van der Waals surface area contributed by atoms with Gasteiger partial charge < -0.3 is 4.74 Å². The Morgan fingerprint density at radius 3 is 2.69 bits per heavy atom. The van der Waals surface area contributed by atoms with Crippen molar-refractivity contribution in [2.45, 2.75) is 37.4 Å². The van der Waals surface area contributed by atoms with Gasteiger partial charge in [-0.05, 0) is 29.7 Å². The van der Waals surface area contributed by atoms with Crippen LogP contribution in [0, 0.1) is 10.1 Å². The summed E-state index contributed by atoms with van der Waals surface area (Å²) < 4.78 is 7.79. The molecule has 0 unspecified atom stereocenters. The van der Waals surface area contributed by atoms with Crippen LogP contribution in [0.2, 0.25) is 0 Å². The van der Waals surface area contributed by atoms with Gasteiger partial charge in [0.2, 0.25) is 0 Å². The number of nitro benzene ring substituents is 1. The first-order valence-corrected chi connectivity index (χ1v) is 10.2. The normalized spacial score (nSPS) is 10.7. The Balaban J connectivity index is 1.68. The van der Waals surface area contributed by atoms with Crippen LogP contribution in [0.5, 0.6) is 5.75 Å². The van der Waals surface area contributed by atoms with E-state index >= 15 is 0 Å². The number of hydrogen-bond donors (Lipinski definition) is 0. The van der Waals surface area contributed by atoms with E-state index < -0.39 is 4.92 Å². The molecule has 0 saturated carbocycles. The molecule has 0 aliphatic carbocycles. The number of allylic oxidation sites excluding steroid dienone is 1. The fraction of sp³-hybridized carbons (Fsp3) is 0.238. The summed E-state index contributed by atoms with van der Waals surface area (Å²) in [5.41, 5.74) is 2.19. The van der Waals surface area contributed by atoms with Crippen molar-refractivity contribution in [2.75, 3.05) is 0 Å². The number of nitro groups is 1. The Bertz CT molecular complexity index is 986. The molecule has 0 aliphatic heterocycles. The molecule has 7 nitrogen and oxygen atoms in total. The van der Waals surface area contributed by atoms with E-state index in [2.05, 4.69) is 23.7 Å². The quantitative estimate of drug-likeness (QED) is 0.206. The summed E-state index contributed by atoms with van der Waals surface area (Å²) in [6, 6.07) is 14.6. The molecule has 8 heteroatoms. The summed E-state index contributed by atoms with van der Waals surface area (Å²) in [4.78, 5) is 10.5. The van der Waals surface area contributed by atoms with Gasteiger partial charge in [-0.25, -0.2) is 0 Å². The molecule has 3 aromatic rings. The van der Waals surface area contributed by atoms with Gasteiger partial charge in [0.15, 0.2) is 11.0 Å². The van der Waals surface area contributed by atoms with Gasteiger partial charge in [0, 0.05) is 24.4 Å². The second-order valence-electron chi connectivity index (χ2n) is 6.30. The average Bonchev–Trinajstić information content (AvgIpc) is 3.13. The zero-order valence-corrected chi connectivity index (χ0v) is 17.0. The summed E-state index contributed by atoms with van der Waals surface area (Å²) in [5.74, 6) is 2.03. The lowest BCUT2D eigenvalue weighted by atomic mass is 10.2. The van der Waals surface area contributed by atoms with Gasteiger partial charge in [0.1, 0.15) is 12.4 Å². The van der Waals surface area contributed by atoms with Crippen LogP contribution in [0.4, 0.5) is 5.69 Å². The Kier molecular flexibility index (Phi) is 7.02. The van der Waals surface area contributed by atoms with Gasteiger partial charge in [-0.3, -0.25) is 14.7 Å². The van der Waals surface area contributed by atoms with E-state index in [-0.39, 0.29) is 5.69 Å². The molecule has 0 radical (unpaired) electrons. The molecule has 0 spiro atoms. The standard InChI is InChI=1S/C21H22N4O3S/c1-3-12-24-20(14-28-19-10-8-16(4-2)9-11-19)22-23-21(24)29-15-17-6-5-7-18(13-17)25(26)27/h3,5-11,13H,1,4,12,14-15H2,2H3. The maximum absolute atomic E-state index is 10.9. The van der Waals surface area contributed by atoms with Gasteiger partial charge in [0.05, 0.1) is 4.92 Å². The van der Waals surface area contributed by atoms with E-state index in [1.165, 1.54) is 23.4 Å². The van der Waals surface area contributed by atoms with Crippen molar-refractivity contribution in [1.82, 2.24) is 14.8 Å². The largest absolute Gasteiger partial charge is 0.486 e. The average molecular weight is 410 g/mol. The van der Waals surface area contributed by atoms with Crippen molar-refractivity contribution < 1.29 is 9.66 Å². The molecule has 0 N–H and O–H groups in total. The first-order valence-electron chi connectivity index (χ1n) is 9.21. The van der Waals surface area contributed by atoms with Crippen LogP contribution in [-0.2, 0) is 25.3 Å². The fourth-order valence-corrected chi connectivity index (χ4v) is 3.63. The minimum absolute atomic E-state index is 0.0823. The zero-order valence-electron chi connectivity index (χ0n) is 16.2. The first kappa shape index (κ1) is 20.6. The van der Waals surface area contributed by atoms with E-state index in [0.717, 1.165) is 22.9 Å². The number of aromatic nitrogens is 3. The molecular weight excluding hydrogens is 388 g/mol. The second-order valence-corrected chi connectivity index (χ2v) is 7.24. The van der Waals surface area contributed by atoms with Crippen molar-refractivity contribution in [3.05, 3.63) is 88.3 Å². The van der Waals surface area contributed by atoms with Gasteiger partial charge >= 0.3 is 0 Å². The van der Waals surface area contributed by atoms with Crippen molar-refractivity contribution in [3.63, 3.8) is 0 Å². The predicted molar refractivity (Wildman–Crippen MR) is 113 cm³/mol. The van der Waals surface area contributed by atoms with E-state index in [1.807, 2.05) is 34.9 Å². The molecule has 150 valence electrons. The van der Waals surface area contributed by atoms with Gasteiger partial charge in [-0.15, -0.1) is 16.8 Å². The van der Waals surface area contributed by atoms with Crippen LogP contribution in [0.3, 0.4) is 0 Å². The third kappa shape index (κ3) is 5.45. The Labute approximate surface area is 173 Å². The number of ether oxygens (including phenoxy) is 1. The topological polar surface area (TPSA) is 83.1 Å². The summed E-state index contributed by atoms with van der Waals surface area (Å²) in [7, 11) is 0. The number of benzene rings is 2. The lowest BCUT2D eigenvalue weighted by molar-refractivity contribution is -0.384. The predicted octanol–water partition coefficient (Wildman–Crippen LogP) is 4.81. The molecule has 3 rings (SSSR count). The number of rotatable bonds is 10. The molecular formula is C21H22N4O3S. The van der Waals surface area contributed by atoms with Crippen molar-refractivity contribution in [3.8, 4) is 5.75 Å². The number of thioether (sulfide) groups is 1. The lowest BCUT2D eigenvalue weighted by Crippen LogP contribution is -2.07. The molecule has 0 fully saturated rings. The smallest absolute Gasteiger partial charge is 0.269 e. The van der Waals surface area contributed by atoms with E-state index in [1.54, 1.807) is 18.2 Å². The van der Waals surface area contributed by atoms with E-state index in [0.29, 0.717) is 24.7 Å². The SMILES string of the molecule is C=CCn1c(COc2ccc(CC)cc2)nnc1SCc1cccc([N+](=O)[O-])c1. The molecule has 29 heavy (non-hydrogen) atoms. The molecule has 0 aliphatic rings. The highest BCUT2D eigenvalue weighted by Crippen LogP contribution is 2.24. The molecule has 0 bridgehead atoms. The highest BCUT2D eigenvalue weighted by Gasteiger charge is 2.13. The minimum atomic E-state index is -0.392. The number of nitrogens with zero attached hydrogens (tertiary/aromatic N) is 4. The Morgan fingerprint density at radius 2 is 2.00 bits per heavy atom. The van der Waals surface area contributed by atoms with Gasteiger partial charge in [-0.1, -0.05) is 49.0 Å². The summed E-state index contributed by atoms with van der Waals surface area (Å²) in [5, 5.41) is 20.2. The molecule has 1 aromatic heterocycles. The fourth-order valence-electron chi connectivity index (χ4n) is 2.72. The van der Waals surface area contributed by atoms with E-state index in [4.69, 9.17) is 4.74 Å². The second kappa shape index (κ2) is 9.88. The molecule has 0 atom stereocenters. The maximum atomic E-state index is 10.9. The molecule has 0 amide bonds. The Morgan fingerprint density at radius 1 is 1.21 bits per heavy atom. The number of non-ortho nitro benzene ring substituents is 1. The third-order valence-corrected chi connectivity index (χ3v) is 5.33. The van der Waals surface area contributed by atoms with Gasteiger partial charge in [-0.2, -0.15) is 0 Å². The van der Waals surface area contributed by atoms with Crippen LogP contribution in [-0.4, -0.2) is 19.7 Å². The summed E-state index contributed by atoms with van der Waals surface area (Å²) >= 11 is 1.47. The van der Waals surface area contributed by atoms with E-state index in [9.17, 15) is 10.1 Å². The number of aryl methyl sites for hydroxylation is 1. The van der Waals surface area contributed by atoms with Crippen molar-refractivity contribution in [2.24, 2.45) is 0 Å². The summed E-state index contributed by atoms with van der Waals surface area (Å²) in [6.45, 7) is 6.76. The lowest BCUT2D eigenvalue weighted by Gasteiger charge is -2.09. The first-order chi connectivity index (χ1) is 14.1. The maximum Gasteiger partial charge on any atom is 0.269 e. The van der Waals surface area contributed by atoms with Crippen LogP contribution in [0.25, 0.3) is 0 Å². The monoisotopic (exact) mass is 410 g/mol. The highest BCUT2D eigenvalue weighted by atomic mass is 32.2. The van der Waals surface area contributed by atoms with Crippen LogP contribution < -0.4 is 4.74 Å². The minimum Gasteiger partial charge on any atom is -0.486 e. The van der Waals surface area contributed by atoms with Crippen LogP contribution in [0.1, 0.15) is 23.9 Å². The molecule has 0 saturated heterocycles. The van der Waals surface area contributed by atoms with Crippen molar-refractivity contribution >= 4 is 17.4 Å². The van der Waals surface area contributed by atoms with Crippen LogP contribution >= 0.6 is 11.8 Å². The van der Waals surface area contributed by atoms with Gasteiger partial charge in [0.25, 0.3) is 5.69 Å². The summed E-state index contributed by atoms with van der Waals surface area (Å²) in [6.07, 6.45) is 2.76. The number of hydrogen-bond acceptors (Lipinski definition) is 6. The third-order valence-electron chi connectivity index (χ3n) is 4.29. The molecule has 1 heterocycles. The van der Waals surface area contributed by atoms with Crippen LogP contribution in [0.15, 0.2) is 66.3 Å². The van der Waals surface area contributed by atoms with Crippen molar-refractivity contribution in [1.29, 1.82) is 0 Å². The Hall–Kier alpha value is -3.13.